The number of rotatable bonds is 4. The van der Waals surface area contributed by atoms with Crippen molar-refractivity contribution in [2.24, 2.45) is 0 Å². The van der Waals surface area contributed by atoms with E-state index in [1.807, 2.05) is 0 Å². The van der Waals surface area contributed by atoms with Crippen LogP contribution >= 0.6 is 35.4 Å². The van der Waals surface area contributed by atoms with Crippen LogP contribution in [-0.2, 0) is 0 Å². The lowest BCUT2D eigenvalue weighted by atomic mass is 10.2. The summed E-state index contributed by atoms with van der Waals surface area (Å²) in [6, 6.07) is 16.9. The number of halogens is 3. The summed E-state index contributed by atoms with van der Waals surface area (Å²) < 4.78 is 13.3. The van der Waals surface area contributed by atoms with E-state index in [2.05, 4.69) is 16.0 Å². The number of benzene rings is 3. The third-order valence-corrected chi connectivity index (χ3v) is 4.73. The van der Waals surface area contributed by atoms with Crippen molar-refractivity contribution in [3.05, 3.63) is 93.7 Å². The maximum Gasteiger partial charge on any atom is 0.258 e. The Hall–Kier alpha value is -3.00. The second-order valence-corrected chi connectivity index (χ2v) is 7.27. The summed E-state index contributed by atoms with van der Waals surface area (Å²) >= 11 is 16.9. The molecule has 3 rings (SSSR count). The molecule has 0 aliphatic rings. The number of anilines is 2. The van der Waals surface area contributed by atoms with E-state index in [0.29, 0.717) is 22.0 Å². The van der Waals surface area contributed by atoms with Gasteiger partial charge in [0.05, 0.1) is 15.6 Å². The van der Waals surface area contributed by atoms with E-state index >= 15 is 0 Å². The first-order valence-electron chi connectivity index (χ1n) is 8.57. The van der Waals surface area contributed by atoms with Crippen LogP contribution in [0, 0.1) is 5.82 Å². The average Bonchev–Trinajstić information content (AvgIpc) is 2.71. The van der Waals surface area contributed by atoms with Gasteiger partial charge in [-0.2, -0.15) is 0 Å². The lowest BCUT2D eigenvalue weighted by Gasteiger charge is -2.12. The molecule has 0 fully saturated rings. The third-order valence-electron chi connectivity index (χ3n) is 3.91. The van der Waals surface area contributed by atoms with Gasteiger partial charge in [0.25, 0.3) is 11.8 Å². The molecule has 0 unspecified atom stereocenters. The molecule has 0 bridgehead atoms. The lowest BCUT2D eigenvalue weighted by Crippen LogP contribution is -2.34. The van der Waals surface area contributed by atoms with Crippen LogP contribution in [0.3, 0.4) is 0 Å². The topological polar surface area (TPSA) is 70.2 Å². The Kier molecular flexibility index (Phi) is 6.99. The Morgan fingerprint density at radius 2 is 1.53 bits per heavy atom. The summed E-state index contributed by atoms with van der Waals surface area (Å²) in [5.41, 5.74) is 1.45. The molecule has 0 heterocycles. The minimum Gasteiger partial charge on any atom is -0.332 e. The number of thiocarbonyl (C=S) groups is 1. The van der Waals surface area contributed by atoms with Crippen molar-refractivity contribution in [1.82, 2.24) is 5.32 Å². The van der Waals surface area contributed by atoms with Crippen molar-refractivity contribution in [2.75, 3.05) is 10.6 Å². The van der Waals surface area contributed by atoms with Crippen LogP contribution in [0.15, 0.2) is 66.7 Å². The zero-order chi connectivity index (χ0) is 21.7. The largest absolute Gasteiger partial charge is 0.332 e. The number of hydrogen-bond acceptors (Lipinski definition) is 3. The number of carbonyl (C=O) groups is 2. The van der Waals surface area contributed by atoms with Crippen LogP contribution in [0.1, 0.15) is 20.7 Å². The molecule has 9 heteroatoms. The molecule has 0 saturated heterocycles. The molecule has 152 valence electrons. The van der Waals surface area contributed by atoms with E-state index in [1.165, 1.54) is 12.1 Å². The number of nitrogens with one attached hydrogen (secondary N) is 3. The smallest absolute Gasteiger partial charge is 0.258 e. The molecule has 0 saturated carbocycles. The van der Waals surface area contributed by atoms with E-state index in [9.17, 15) is 14.0 Å². The molecule has 0 atom stereocenters. The highest BCUT2D eigenvalue weighted by atomic mass is 35.5. The fourth-order valence-electron chi connectivity index (χ4n) is 2.49. The van der Waals surface area contributed by atoms with Gasteiger partial charge in [0.2, 0.25) is 0 Å². The Bertz CT molecular complexity index is 1140. The summed E-state index contributed by atoms with van der Waals surface area (Å²) in [5.74, 6) is -1.46. The van der Waals surface area contributed by atoms with E-state index in [4.69, 9.17) is 35.4 Å². The van der Waals surface area contributed by atoms with Gasteiger partial charge in [-0.1, -0.05) is 41.4 Å². The fourth-order valence-corrected chi connectivity index (χ4v) is 3.11. The zero-order valence-corrected chi connectivity index (χ0v) is 17.5. The van der Waals surface area contributed by atoms with Crippen LogP contribution < -0.4 is 16.0 Å². The van der Waals surface area contributed by atoms with Crippen molar-refractivity contribution in [3.8, 4) is 0 Å². The summed E-state index contributed by atoms with van der Waals surface area (Å²) in [4.78, 5) is 24.7. The maximum atomic E-state index is 13.3. The van der Waals surface area contributed by atoms with E-state index in [1.54, 1.807) is 48.5 Å². The van der Waals surface area contributed by atoms with Gasteiger partial charge >= 0.3 is 0 Å². The minimum absolute atomic E-state index is 0.0443. The van der Waals surface area contributed by atoms with Crippen molar-refractivity contribution in [2.45, 2.75) is 0 Å². The molecular formula is C21H14Cl2FN3O2S. The molecule has 0 radical (unpaired) electrons. The van der Waals surface area contributed by atoms with E-state index < -0.39 is 17.6 Å². The van der Waals surface area contributed by atoms with E-state index in [0.717, 1.165) is 6.07 Å². The van der Waals surface area contributed by atoms with Crippen LogP contribution in [-0.4, -0.2) is 16.9 Å². The third kappa shape index (κ3) is 5.54. The lowest BCUT2D eigenvalue weighted by molar-refractivity contribution is 0.0976. The first-order valence-corrected chi connectivity index (χ1v) is 9.73. The highest BCUT2D eigenvalue weighted by Gasteiger charge is 2.12. The molecule has 3 aromatic carbocycles. The van der Waals surface area contributed by atoms with Gasteiger partial charge < -0.3 is 10.6 Å². The monoisotopic (exact) mass is 461 g/mol. The molecule has 0 aliphatic carbocycles. The summed E-state index contributed by atoms with van der Waals surface area (Å²) in [6.07, 6.45) is 0. The van der Waals surface area contributed by atoms with Gasteiger partial charge in [-0.25, -0.2) is 4.39 Å². The number of amides is 2. The maximum absolute atomic E-state index is 13.3. The first kappa shape index (κ1) is 21.7. The van der Waals surface area contributed by atoms with Crippen molar-refractivity contribution in [3.63, 3.8) is 0 Å². The molecule has 0 aliphatic heterocycles. The molecule has 3 aromatic rings. The van der Waals surface area contributed by atoms with Gasteiger partial charge in [0.15, 0.2) is 5.11 Å². The van der Waals surface area contributed by atoms with Crippen molar-refractivity contribution in [1.29, 1.82) is 0 Å². The second-order valence-electron chi connectivity index (χ2n) is 6.05. The minimum atomic E-state index is -0.576. The Morgan fingerprint density at radius 3 is 2.27 bits per heavy atom. The van der Waals surface area contributed by atoms with E-state index in [-0.39, 0.29) is 15.7 Å². The quantitative estimate of drug-likeness (QED) is 0.447. The molecular weight excluding hydrogens is 448 g/mol. The van der Waals surface area contributed by atoms with Crippen LogP contribution in [0.5, 0.6) is 0 Å². The first-order chi connectivity index (χ1) is 14.3. The number of hydrogen-bond donors (Lipinski definition) is 3. The fraction of sp³-hybridized carbons (Fsp3) is 0. The highest BCUT2D eigenvalue weighted by molar-refractivity contribution is 7.80. The zero-order valence-electron chi connectivity index (χ0n) is 15.2. The standard InChI is InChI=1S/C21H14Cl2FN3O2S/c22-16-7-2-1-6-15(16)20(29)27-21(30)26-13-5-3-4-12(10-13)19(28)25-14-8-9-18(24)17(23)11-14/h1-11H,(H,25,28)(H2,26,27,29,30). The molecule has 0 aromatic heterocycles. The Labute approximate surface area is 187 Å². The Balaban J connectivity index is 1.65. The van der Waals surface area contributed by atoms with Gasteiger partial charge in [-0.05, 0) is 60.7 Å². The number of carbonyl (C=O) groups excluding carboxylic acids is 2. The molecule has 30 heavy (non-hydrogen) atoms. The second kappa shape index (κ2) is 9.67. The molecule has 3 N–H and O–H groups in total. The summed E-state index contributed by atoms with van der Waals surface area (Å²) in [6.45, 7) is 0. The van der Waals surface area contributed by atoms with Crippen molar-refractivity contribution >= 4 is 63.7 Å². The van der Waals surface area contributed by atoms with Crippen molar-refractivity contribution < 1.29 is 14.0 Å². The normalized spacial score (nSPS) is 10.2. The average molecular weight is 462 g/mol. The summed E-state index contributed by atoms with van der Waals surface area (Å²) in [7, 11) is 0. The molecule has 2 amide bonds. The van der Waals surface area contributed by atoms with Gasteiger partial charge in [0, 0.05) is 16.9 Å². The Morgan fingerprint density at radius 1 is 0.800 bits per heavy atom. The van der Waals surface area contributed by atoms with Gasteiger partial charge in [-0.3, -0.25) is 14.9 Å². The van der Waals surface area contributed by atoms with Crippen LogP contribution in [0.4, 0.5) is 15.8 Å². The van der Waals surface area contributed by atoms with Gasteiger partial charge in [0.1, 0.15) is 5.82 Å². The van der Waals surface area contributed by atoms with Gasteiger partial charge in [-0.15, -0.1) is 0 Å². The van der Waals surface area contributed by atoms with Crippen LogP contribution in [0.25, 0.3) is 0 Å². The van der Waals surface area contributed by atoms with Crippen LogP contribution in [0.2, 0.25) is 10.0 Å². The predicted octanol–water partition coefficient (Wildman–Crippen LogP) is 5.51. The molecule has 0 spiro atoms. The predicted molar refractivity (Wildman–Crippen MR) is 121 cm³/mol. The highest BCUT2D eigenvalue weighted by Crippen LogP contribution is 2.20. The summed E-state index contributed by atoms with van der Waals surface area (Å²) in [5, 5.41) is 8.26. The SMILES string of the molecule is O=C(Nc1ccc(F)c(Cl)c1)c1cccc(NC(=S)NC(=O)c2ccccc2Cl)c1. The molecule has 5 nitrogen and oxygen atoms in total.